The molecule has 0 saturated heterocycles. The first-order chi connectivity index (χ1) is 9.38. The summed E-state index contributed by atoms with van der Waals surface area (Å²) in [6, 6.07) is 5.76. The number of alkyl halides is 3. The number of nitrogen functional groups attached to an aromatic ring is 1. The SMILES string of the molecule is CNc1cc(Oc2ccc(C(F)(F)F)cc2)nc(N)n1. The standard InChI is InChI=1S/C12H11F3N4O/c1-17-9-6-10(19-11(16)18-9)20-8-4-2-7(3-5-8)12(13,14)15/h2-6H,1H3,(H3,16,17,18,19). The molecule has 0 spiro atoms. The maximum Gasteiger partial charge on any atom is 0.416 e. The van der Waals surface area contributed by atoms with E-state index in [1.807, 2.05) is 0 Å². The molecule has 0 amide bonds. The summed E-state index contributed by atoms with van der Waals surface area (Å²) in [5.74, 6) is 0.804. The summed E-state index contributed by atoms with van der Waals surface area (Å²) < 4.78 is 42.6. The molecule has 106 valence electrons. The lowest BCUT2D eigenvalue weighted by molar-refractivity contribution is -0.137. The van der Waals surface area contributed by atoms with Gasteiger partial charge in [-0.15, -0.1) is 0 Å². The van der Waals surface area contributed by atoms with E-state index in [1.165, 1.54) is 18.2 Å². The van der Waals surface area contributed by atoms with Crippen LogP contribution in [0.2, 0.25) is 0 Å². The molecule has 5 nitrogen and oxygen atoms in total. The van der Waals surface area contributed by atoms with E-state index in [0.717, 1.165) is 12.1 Å². The third-order valence-electron chi connectivity index (χ3n) is 2.38. The molecular formula is C12H11F3N4O. The molecule has 2 aromatic rings. The third kappa shape index (κ3) is 3.28. The number of nitrogens with one attached hydrogen (secondary N) is 1. The summed E-state index contributed by atoms with van der Waals surface area (Å²) in [6.45, 7) is 0. The predicted molar refractivity (Wildman–Crippen MR) is 67.5 cm³/mol. The van der Waals surface area contributed by atoms with Gasteiger partial charge in [-0.2, -0.15) is 23.1 Å². The van der Waals surface area contributed by atoms with Gasteiger partial charge >= 0.3 is 6.18 Å². The summed E-state index contributed by atoms with van der Waals surface area (Å²) in [5.41, 5.74) is 4.73. The Morgan fingerprint density at radius 3 is 2.35 bits per heavy atom. The Hall–Kier alpha value is -2.51. The number of hydrogen-bond acceptors (Lipinski definition) is 5. The van der Waals surface area contributed by atoms with E-state index >= 15 is 0 Å². The van der Waals surface area contributed by atoms with Crippen LogP contribution in [0.15, 0.2) is 30.3 Å². The van der Waals surface area contributed by atoms with Crippen molar-refractivity contribution in [2.24, 2.45) is 0 Å². The zero-order valence-electron chi connectivity index (χ0n) is 10.4. The van der Waals surface area contributed by atoms with Crippen LogP contribution in [0.5, 0.6) is 11.6 Å². The summed E-state index contributed by atoms with van der Waals surface area (Å²) in [4.78, 5) is 7.70. The average Bonchev–Trinajstić information content (AvgIpc) is 2.37. The van der Waals surface area contributed by atoms with Crippen LogP contribution in [-0.2, 0) is 6.18 Å². The minimum Gasteiger partial charge on any atom is -0.439 e. The lowest BCUT2D eigenvalue weighted by Gasteiger charge is -2.09. The second kappa shape index (κ2) is 5.24. The Morgan fingerprint density at radius 1 is 1.15 bits per heavy atom. The van der Waals surface area contributed by atoms with E-state index in [9.17, 15) is 13.2 Å². The minimum atomic E-state index is -4.38. The van der Waals surface area contributed by atoms with Crippen LogP contribution in [0, 0.1) is 0 Å². The maximum atomic E-state index is 12.4. The van der Waals surface area contributed by atoms with Gasteiger partial charge in [0.25, 0.3) is 0 Å². The summed E-state index contributed by atoms with van der Waals surface area (Å²) in [7, 11) is 1.64. The quantitative estimate of drug-likeness (QED) is 0.906. The minimum absolute atomic E-state index is 0.00115. The molecule has 0 unspecified atom stereocenters. The molecule has 8 heteroatoms. The first-order valence-electron chi connectivity index (χ1n) is 5.56. The van der Waals surface area contributed by atoms with Gasteiger partial charge in [0, 0.05) is 13.1 Å². The molecule has 1 aromatic carbocycles. The van der Waals surface area contributed by atoms with Gasteiger partial charge in [0.15, 0.2) is 0 Å². The van der Waals surface area contributed by atoms with E-state index in [4.69, 9.17) is 10.5 Å². The van der Waals surface area contributed by atoms with Gasteiger partial charge in [0.05, 0.1) is 5.56 Å². The number of hydrogen-bond donors (Lipinski definition) is 2. The van der Waals surface area contributed by atoms with Crippen molar-refractivity contribution in [1.29, 1.82) is 0 Å². The molecule has 0 fully saturated rings. The summed E-state index contributed by atoms with van der Waals surface area (Å²) >= 11 is 0. The van der Waals surface area contributed by atoms with Crippen molar-refractivity contribution in [2.45, 2.75) is 6.18 Å². The van der Waals surface area contributed by atoms with E-state index in [-0.39, 0.29) is 17.6 Å². The van der Waals surface area contributed by atoms with Gasteiger partial charge < -0.3 is 15.8 Å². The fraction of sp³-hybridized carbons (Fsp3) is 0.167. The molecule has 1 aromatic heterocycles. The number of nitrogens with zero attached hydrogens (tertiary/aromatic N) is 2. The molecule has 0 aliphatic heterocycles. The summed E-state index contributed by atoms with van der Waals surface area (Å²) in [5, 5.41) is 2.76. The smallest absolute Gasteiger partial charge is 0.416 e. The molecular weight excluding hydrogens is 273 g/mol. The van der Waals surface area contributed by atoms with Crippen LogP contribution in [-0.4, -0.2) is 17.0 Å². The van der Waals surface area contributed by atoms with Crippen LogP contribution in [0.4, 0.5) is 24.9 Å². The zero-order valence-corrected chi connectivity index (χ0v) is 10.4. The average molecular weight is 284 g/mol. The fourth-order valence-electron chi connectivity index (χ4n) is 1.46. The number of halogens is 3. The molecule has 2 rings (SSSR count). The number of anilines is 2. The molecule has 0 atom stereocenters. The van der Waals surface area contributed by atoms with Crippen molar-refractivity contribution in [3.8, 4) is 11.6 Å². The van der Waals surface area contributed by atoms with E-state index < -0.39 is 11.7 Å². The molecule has 1 heterocycles. The highest BCUT2D eigenvalue weighted by Crippen LogP contribution is 2.31. The van der Waals surface area contributed by atoms with Gasteiger partial charge in [-0.25, -0.2) is 0 Å². The molecule has 20 heavy (non-hydrogen) atoms. The van der Waals surface area contributed by atoms with Crippen LogP contribution < -0.4 is 15.8 Å². The molecule has 0 saturated carbocycles. The lowest BCUT2D eigenvalue weighted by atomic mass is 10.2. The highest BCUT2D eigenvalue weighted by molar-refractivity contribution is 5.43. The largest absolute Gasteiger partial charge is 0.439 e. The van der Waals surface area contributed by atoms with E-state index in [0.29, 0.717) is 5.82 Å². The normalized spacial score (nSPS) is 11.2. The Bertz CT molecular complexity index is 599. The number of benzene rings is 1. The van der Waals surface area contributed by atoms with Crippen molar-refractivity contribution < 1.29 is 17.9 Å². The van der Waals surface area contributed by atoms with Crippen molar-refractivity contribution in [3.63, 3.8) is 0 Å². The zero-order chi connectivity index (χ0) is 14.8. The van der Waals surface area contributed by atoms with Crippen molar-refractivity contribution in [3.05, 3.63) is 35.9 Å². The second-order valence-corrected chi connectivity index (χ2v) is 3.82. The number of rotatable bonds is 3. The summed E-state index contributed by atoms with van der Waals surface area (Å²) in [6.07, 6.45) is -4.38. The van der Waals surface area contributed by atoms with Crippen molar-refractivity contribution in [2.75, 3.05) is 18.1 Å². The second-order valence-electron chi connectivity index (χ2n) is 3.82. The highest BCUT2D eigenvalue weighted by Gasteiger charge is 2.30. The predicted octanol–water partition coefficient (Wildman–Crippen LogP) is 2.91. The van der Waals surface area contributed by atoms with Gasteiger partial charge in [0.1, 0.15) is 11.6 Å². The monoisotopic (exact) mass is 284 g/mol. The van der Waals surface area contributed by atoms with Crippen molar-refractivity contribution in [1.82, 2.24) is 9.97 Å². The molecule has 0 aliphatic carbocycles. The van der Waals surface area contributed by atoms with Crippen molar-refractivity contribution >= 4 is 11.8 Å². The van der Waals surface area contributed by atoms with E-state index in [1.54, 1.807) is 7.05 Å². The lowest BCUT2D eigenvalue weighted by Crippen LogP contribution is -2.04. The van der Waals surface area contributed by atoms with Crippen LogP contribution in [0.3, 0.4) is 0 Å². The Kier molecular flexibility index (Phi) is 3.64. The number of ether oxygens (including phenoxy) is 1. The highest BCUT2D eigenvalue weighted by atomic mass is 19.4. The van der Waals surface area contributed by atoms with Crippen LogP contribution in [0.25, 0.3) is 0 Å². The first-order valence-corrected chi connectivity index (χ1v) is 5.56. The Balaban J connectivity index is 2.20. The maximum absolute atomic E-state index is 12.4. The van der Waals surface area contributed by atoms with Gasteiger partial charge in [0.2, 0.25) is 11.8 Å². The number of aromatic nitrogens is 2. The van der Waals surface area contributed by atoms with Gasteiger partial charge in [-0.05, 0) is 24.3 Å². The first kappa shape index (κ1) is 13.9. The number of nitrogens with two attached hydrogens (primary N) is 1. The van der Waals surface area contributed by atoms with Gasteiger partial charge in [-0.3, -0.25) is 0 Å². The molecule has 0 bridgehead atoms. The Morgan fingerprint density at radius 2 is 1.80 bits per heavy atom. The Labute approximate surface area is 112 Å². The molecule has 3 N–H and O–H groups in total. The van der Waals surface area contributed by atoms with Crippen LogP contribution >= 0.6 is 0 Å². The molecule has 0 radical (unpaired) electrons. The van der Waals surface area contributed by atoms with Gasteiger partial charge in [-0.1, -0.05) is 0 Å². The van der Waals surface area contributed by atoms with E-state index in [2.05, 4.69) is 15.3 Å². The van der Waals surface area contributed by atoms with Crippen LogP contribution in [0.1, 0.15) is 5.56 Å². The fourth-order valence-corrected chi connectivity index (χ4v) is 1.46. The molecule has 0 aliphatic rings. The topological polar surface area (TPSA) is 73.1 Å². The third-order valence-corrected chi connectivity index (χ3v) is 2.38.